The van der Waals surface area contributed by atoms with E-state index in [4.69, 9.17) is 14.6 Å². The summed E-state index contributed by atoms with van der Waals surface area (Å²) in [6, 6.07) is 1.95. The van der Waals surface area contributed by atoms with Crippen LogP contribution in [0.3, 0.4) is 0 Å². The number of carbonyl (C=O) groups is 2. The van der Waals surface area contributed by atoms with Crippen LogP contribution >= 0.6 is 0 Å². The summed E-state index contributed by atoms with van der Waals surface area (Å²) in [6.45, 7) is 0.582. The van der Waals surface area contributed by atoms with Gasteiger partial charge < -0.3 is 24.8 Å². The lowest BCUT2D eigenvalue weighted by Crippen LogP contribution is -2.44. The van der Waals surface area contributed by atoms with Crippen molar-refractivity contribution in [2.45, 2.75) is 12.8 Å². The summed E-state index contributed by atoms with van der Waals surface area (Å²) in [5.74, 6) is -1.88. The van der Waals surface area contributed by atoms with E-state index in [1.54, 1.807) is 0 Å². The maximum absolute atomic E-state index is 13.8. The molecule has 2 amide bonds. The van der Waals surface area contributed by atoms with Gasteiger partial charge in [0.05, 0.1) is 25.8 Å². The van der Waals surface area contributed by atoms with Crippen LogP contribution in [0.1, 0.15) is 12.8 Å². The highest BCUT2D eigenvalue weighted by Gasteiger charge is 2.28. The Morgan fingerprint density at radius 3 is 2.61 bits per heavy atom. The van der Waals surface area contributed by atoms with Gasteiger partial charge in [0.15, 0.2) is 11.6 Å². The third kappa shape index (κ3) is 3.82. The highest BCUT2D eigenvalue weighted by atomic mass is 19.1. The van der Waals surface area contributed by atoms with Gasteiger partial charge in [-0.05, 0) is 12.8 Å². The van der Waals surface area contributed by atoms with Gasteiger partial charge in [0.2, 0.25) is 0 Å². The molecule has 2 rings (SSSR count). The number of ether oxygens (including phenoxy) is 2. The molecular formula is C15H19FN2O5. The number of carbonyl (C=O) groups excluding carboxylic acids is 1. The Balaban J connectivity index is 2.13. The van der Waals surface area contributed by atoms with Crippen LogP contribution in [0.4, 0.5) is 14.9 Å². The van der Waals surface area contributed by atoms with E-state index in [0.29, 0.717) is 19.4 Å². The average molecular weight is 326 g/mol. The number of benzene rings is 1. The number of likely N-dealkylation sites (tertiary alicyclic amines) is 1. The number of amides is 2. The predicted octanol–water partition coefficient (Wildman–Crippen LogP) is 2.17. The van der Waals surface area contributed by atoms with Crippen molar-refractivity contribution in [2.24, 2.45) is 5.92 Å². The number of aliphatic carboxylic acids is 1. The van der Waals surface area contributed by atoms with E-state index >= 15 is 0 Å². The number of piperidine rings is 1. The maximum Gasteiger partial charge on any atom is 0.321 e. The summed E-state index contributed by atoms with van der Waals surface area (Å²) in [5, 5.41) is 11.6. The fourth-order valence-corrected chi connectivity index (χ4v) is 2.52. The van der Waals surface area contributed by atoms with Crippen molar-refractivity contribution >= 4 is 17.7 Å². The molecule has 1 aliphatic rings. The van der Waals surface area contributed by atoms with E-state index in [1.165, 1.54) is 25.2 Å². The number of halogens is 1. The summed E-state index contributed by atoms with van der Waals surface area (Å²) < 4.78 is 23.8. The minimum atomic E-state index is -0.921. The minimum Gasteiger partial charge on any atom is -0.494 e. The van der Waals surface area contributed by atoms with Gasteiger partial charge in [-0.25, -0.2) is 9.18 Å². The van der Waals surface area contributed by atoms with E-state index < -0.39 is 23.7 Å². The zero-order valence-electron chi connectivity index (χ0n) is 13.0. The molecular weight excluding hydrogens is 307 g/mol. The molecule has 0 saturated carbocycles. The molecule has 0 aliphatic carbocycles. The van der Waals surface area contributed by atoms with E-state index in [-0.39, 0.29) is 23.7 Å². The van der Waals surface area contributed by atoms with Gasteiger partial charge in [-0.2, -0.15) is 0 Å². The SMILES string of the molecule is COc1cc(OC)c(NC(=O)N2CCCC(C(=O)O)C2)cc1F. The fraction of sp³-hybridized carbons (Fsp3) is 0.467. The van der Waals surface area contributed by atoms with Gasteiger partial charge in [0.1, 0.15) is 5.75 Å². The zero-order chi connectivity index (χ0) is 17.0. The van der Waals surface area contributed by atoms with E-state index in [9.17, 15) is 14.0 Å². The fourth-order valence-electron chi connectivity index (χ4n) is 2.52. The lowest BCUT2D eigenvalue weighted by Gasteiger charge is -2.30. The number of methoxy groups -OCH3 is 2. The molecule has 0 aromatic heterocycles. The second-order valence-electron chi connectivity index (χ2n) is 5.24. The highest BCUT2D eigenvalue weighted by molar-refractivity contribution is 5.91. The van der Waals surface area contributed by atoms with Crippen LogP contribution in [0, 0.1) is 11.7 Å². The van der Waals surface area contributed by atoms with Crippen LogP contribution in [-0.4, -0.2) is 49.3 Å². The molecule has 1 heterocycles. The Kier molecular flexibility index (Phi) is 5.25. The second kappa shape index (κ2) is 7.17. The monoisotopic (exact) mass is 326 g/mol. The molecule has 1 aromatic rings. The molecule has 2 N–H and O–H groups in total. The first kappa shape index (κ1) is 16.9. The number of hydrogen-bond acceptors (Lipinski definition) is 4. The molecule has 0 spiro atoms. The van der Waals surface area contributed by atoms with Crippen LogP contribution in [0.15, 0.2) is 12.1 Å². The van der Waals surface area contributed by atoms with Gasteiger partial charge in [-0.1, -0.05) is 0 Å². The van der Waals surface area contributed by atoms with Crippen LogP contribution in [-0.2, 0) is 4.79 Å². The molecule has 1 aromatic carbocycles. The van der Waals surface area contributed by atoms with Crippen molar-refractivity contribution in [1.29, 1.82) is 0 Å². The van der Waals surface area contributed by atoms with Crippen molar-refractivity contribution in [1.82, 2.24) is 4.90 Å². The molecule has 7 nitrogen and oxygen atoms in total. The Hall–Kier alpha value is -2.51. The Labute approximate surface area is 133 Å². The van der Waals surface area contributed by atoms with Crippen molar-refractivity contribution < 1.29 is 28.6 Å². The third-order valence-corrected chi connectivity index (χ3v) is 3.77. The number of carboxylic acids is 1. The second-order valence-corrected chi connectivity index (χ2v) is 5.24. The summed E-state index contributed by atoms with van der Waals surface area (Å²) in [4.78, 5) is 24.7. The smallest absolute Gasteiger partial charge is 0.321 e. The summed E-state index contributed by atoms with van der Waals surface area (Å²) in [5.41, 5.74) is 0.160. The Morgan fingerprint density at radius 1 is 1.30 bits per heavy atom. The van der Waals surface area contributed by atoms with Crippen LogP contribution in [0.5, 0.6) is 11.5 Å². The van der Waals surface area contributed by atoms with E-state index in [2.05, 4.69) is 5.32 Å². The summed E-state index contributed by atoms with van der Waals surface area (Å²) in [7, 11) is 2.72. The van der Waals surface area contributed by atoms with E-state index in [1.807, 2.05) is 0 Å². The van der Waals surface area contributed by atoms with Crippen molar-refractivity contribution in [3.63, 3.8) is 0 Å². The lowest BCUT2D eigenvalue weighted by atomic mass is 9.99. The van der Waals surface area contributed by atoms with Crippen LogP contribution in [0.25, 0.3) is 0 Å². The largest absolute Gasteiger partial charge is 0.494 e. The van der Waals surface area contributed by atoms with Crippen LogP contribution < -0.4 is 14.8 Å². The third-order valence-electron chi connectivity index (χ3n) is 3.77. The number of urea groups is 1. The first-order valence-electron chi connectivity index (χ1n) is 7.16. The topological polar surface area (TPSA) is 88.1 Å². The highest BCUT2D eigenvalue weighted by Crippen LogP contribution is 2.32. The Bertz CT molecular complexity index is 608. The molecule has 1 aliphatic heterocycles. The molecule has 0 bridgehead atoms. The molecule has 23 heavy (non-hydrogen) atoms. The summed E-state index contributed by atoms with van der Waals surface area (Å²) >= 11 is 0. The number of anilines is 1. The van der Waals surface area contributed by atoms with Crippen molar-refractivity contribution in [3.8, 4) is 11.5 Å². The van der Waals surface area contributed by atoms with Crippen molar-refractivity contribution in [3.05, 3.63) is 17.9 Å². The molecule has 126 valence electrons. The maximum atomic E-state index is 13.8. The average Bonchev–Trinajstić information content (AvgIpc) is 2.55. The molecule has 0 radical (unpaired) electrons. The minimum absolute atomic E-state index is 0.00348. The van der Waals surface area contributed by atoms with Gasteiger partial charge >= 0.3 is 12.0 Å². The van der Waals surface area contributed by atoms with Gasteiger partial charge in [0, 0.05) is 25.2 Å². The standard InChI is InChI=1S/C15H19FN2O5/c1-22-12-7-13(23-2)11(6-10(12)16)17-15(21)18-5-3-4-9(8-18)14(19)20/h6-7,9H,3-5,8H2,1-2H3,(H,17,21)(H,19,20). The Morgan fingerprint density at radius 2 is 2.00 bits per heavy atom. The molecule has 1 saturated heterocycles. The number of nitrogens with one attached hydrogen (secondary N) is 1. The summed E-state index contributed by atoms with van der Waals surface area (Å²) in [6.07, 6.45) is 1.15. The van der Waals surface area contributed by atoms with Crippen LogP contribution in [0.2, 0.25) is 0 Å². The number of hydrogen-bond donors (Lipinski definition) is 2. The first-order valence-corrected chi connectivity index (χ1v) is 7.16. The number of carboxylic acid groups (broad SMARTS) is 1. The number of rotatable bonds is 4. The predicted molar refractivity (Wildman–Crippen MR) is 80.5 cm³/mol. The number of nitrogens with zero attached hydrogens (tertiary/aromatic N) is 1. The van der Waals surface area contributed by atoms with Gasteiger partial charge in [0.25, 0.3) is 0 Å². The molecule has 1 unspecified atom stereocenters. The normalized spacial score (nSPS) is 17.5. The zero-order valence-corrected chi connectivity index (χ0v) is 13.0. The first-order chi connectivity index (χ1) is 11.0. The van der Waals surface area contributed by atoms with Gasteiger partial charge in [-0.3, -0.25) is 4.79 Å². The van der Waals surface area contributed by atoms with E-state index in [0.717, 1.165) is 6.07 Å². The molecule has 1 atom stereocenters. The van der Waals surface area contributed by atoms with Gasteiger partial charge in [-0.15, -0.1) is 0 Å². The molecule has 1 fully saturated rings. The quantitative estimate of drug-likeness (QED) is 0.885. The molecule has 8 heteroatoms. The van der Waals surface area contributed by atoms with Crippen molar-refractivity contribution in [2.75, 3.05) is 32.6 Å². The lowest BCUT2D eigenvalue weighted by molar-refractivity contribution is -0.143.